The van der Waals surface area contributed by atoms with Crippen molar-refractivity contribution in [1.29, 1.82) is 0 Å². The summed E-state index contributed by atoms with van der Waals surface area (Å²) >= 11 is 1.55. The van der Waals surface area contributed by atoms with Crippen molar-refractivity contribution >= 4 is 11.3 Å². The molecule has 0 fully saturated rings. The van der Waals surface area contributed by atoms with Crippen molar-refractivity contribution in [3.63, 3.8) is 0 Å². The van der Waals surface area contributed by atoms with Crippen LogP contribution in [0.2, 0.25) is 0 Å². The van der Waals surface area contributed by atoms with E-state index < -0.39 is 23.6 Å². The van der Waals surface area contributed by atoms with Gasteiger partial charge in [-0.3, -0.25) is 0 Å². The fourth-order valence-corrected chi connectivity index (χ4v) is 3.07. The maximum absolute atomic E-state index is 13.7. The molecule has 0 radical (unpaired) electrons. The molecule has 1 heterocycles. The fourth-order valence-electron chi connectivity index (χ4n) is 2.05. The largest absolute Gasteiger partial charge is 0.416 e. The summed E-state index contributed by atoms with van der Waals surface area (Å²) in [4.78, 5) is 2.11. The molecule has 114 valence electrons. The van der Waals surface area contributed by atoms with Crippen molar-refractivity contribution in [2.45, 2.75) is 32.0 Å². The number of hydrogen-bond donors (Lipinski definition) is 1. The van der Waals surface area contributed by atoms with Crippen LogP contribution in [0.3, 0.4) is 0 Å². The van der Waals surface area contributed by atoms with Crippen LogP contribution >= 0.6 is 11.3 Å². The minimum absolute atomic E-state index is 0.101. The highest BCUT2D eigenvalue weighted by molar-refractivity contribution is 7.11. The van der Waals surface area contributed by atoms with E-state index in [1.165, 1.54) is 4.88 Å². The first-order valence-corrected chi connectivity index (χ1v) is 7.32. The Morgan fingerprint density at radius 2 is 1.81 bits per heavy atom. The van der Waals surface area contributed by atoms with E-state index in [0.717, 1.165) is 29.5 Å². The molecule has 0 aliphatic heterocycles. The molecule has 1 atom stereocenters. The van der Waals surface area contributed by atoms with Crippen molar-refractivity contribution < 1.29 is 17.6 Å². The van der Waals surface area contributed by atoms with Crippen LogP contribution in [0.1, 0.15) is 33.8 Å². The summed E-state index contributed by atoms with van der Waals surface area (Å²) in [6.07, 6.45) is -3.29. The molecule has 0 saturated carbocycles. The SMILES string of the molecule is CCc1ccc(CC(N)c2cc(C(F)(F)F)ccc2F)s1. The van der Waals surface area contributed by atoms with Crippen molar-refractivity contribution in [3.05, 3.63) is 57.0 Å². The molecular weight excluding hydrogens is 302 g/mol. The molecule has 0 spiro atoms. The Labute approximate surface area is 124 Å². The summed E-state index contributed by atoms with van der Waals surface area (Å²) in [7, 11) is 0. The van der Waals surface area contributed by atoms with Crippen molar-refractivity contribution in [2.24, 2.45) is 5.73 Å². The maximum atomic E-state index is 13.7. The molecular formula is C15H15F4NS. The molecule has 6 heteroatoms. The second kappa shape index (κ2) is 6.15. The predicted octanol–water partition coefficient (Wildman–Crippen LogP) is 4.71. The van der Waals surface area contributed by atoms with Gasteiger partial charge >= 0.3 is 6.18 Å². The monoisotopic (exact) mass is 317 g/mol. The molecule has 21 heavy (non-hydrogen) atoms. The molecule has 0 aliphatic carbocycles. The van der Waals surface area contributed by atoms with E-state index in [1.54, 1.807) is 11.3 Å². The molecule has 0 aliphatic rings. The summed E-state index contributed by atoms with van der Waals surface area (Å²) in [6.45, 7) is 2.02. The number of hydrogen-bond acceptors (Lipinski definition) is 2. The Kier molecular flexibility index (Phi) is 4.68. The molecule has 1 nitrogen and oxygen atoms in total. The first-order valence-electron chi connectivity index (χ1n) is 6.51. The number of halogens is 4. The van der Waals surface area contributed by atoms with Gasteiger partial charge in [-0.1, -0.05) is 6.92 Å². The highest BCUT2D eigenvalue weighted by atomic mass is 32.1. The average Bonchev–Trinajstić information content (AvgIpc) is 2.85. The lowest BCUT2D eigenvalue weighted by Crippen LogP contribution is -2.16. The van der Waals surface area contributed by atoms with E-state index in [0.29, 0.717) is 6.42 Å². The third-order valence-electron chi connectivity index (χ3n) is 3.21. The van der Waals surface area contributed by atoms with Crippen LogP contribution in [0.15, 0.2) is 30.3 Å². The lowest BCUT2D eigenvalue weighted by atomic mass is 10.0. The Hall–Kier alpha value is -1.40. The standard InChI is InChI=1S/C15H15F4NS/c1-2-10-4-5-11(21-10)8-14(20)12-7-9(15(17,18)19)3-6-13(12)16/h3-7,14H,2,8,20H2,1H3. The summed E-state index contributed by atoms with van der Waals surface area (Å²) in [6, 6.07) is 5.39. The molecule has 2 rings (SSSR count). The van der Waals surface area contributed by atoms with Crippen LogP contribution in [0.4, 0.5) is 17.6 Å². The topological polar surface area (TPSA) is 26.0 Å². The lowest BCUT2D eigenvalue weighted by molar-refractivity contribution is -0.137. The van der Waals surface area contributed by atoms with Crippen molar-refractivity contribution in [1.82, 2.24) is 0 Å². The predicted molar refractivity (Wildman–Crippen MR) is 75.7 cm³/mol. The quantitative estimate of drug-likeness (QED) is 0.812. The molecule has 0 saturated heterocycles. The highest BCUT2D eigenvalue weighted by Crippen LogP contribution is 2.32. The minimum atomic E-state index is -4.50. The number of benzene rings is 1. The third kappa shape index (κ3) is 3.83. The first kappa shape index (κ1) is 16.0. The molecule has 0 bridgehead atoms. The molecule has 0 amide bonds. The maximum Gasteiger partial charge on any atom is 0.416 e. The van der Waals surface area contributed by atoms with E-state index in [2.05, 4.69) is 0 Å². The molecule has 1 unspecified atom stereocenters. The summed E-state index contributed by atoms with van der Waals surface area (Å²) in [5.41, 5.74) is 4.91. The normalized spacial score (nSPS) is 13.4. The van der Waals surface area contributed by atoms with Crippen LogP contribution in [-0.2, 0) is 19.0 Å². The zero-order valence-corrected chi connectivity index (χ0v) is 12.2. The Balaban J connectivity index is 2.23. The van der Waals surface area contributed by atoms with Gasteiger partial charge in [-0.05, 0) is 36.8 Å². The minimum Gasteiger partial charge on any atom is -0.324 e. The van der Waals surface area contributed by atoms with Crippen molar-refractivity contribution in [2.75, 3.05) is 0 Å². The average molecular weight is 317 g/mol. The van der Waals surface area contributed by atoms with E-state index in [1.807, 2.05) is 19.1 Å². The molecule has 2 N–H and O–H groups in total. The van der Waals surface area contributed by atoms with E-state index in [9.17, 15) is 17.6 Å². The van der Waals surface area contributed by atoms with Gasteiger partial charge in [-0.2, -0.15) is 13.2 Å². The van der Waals surface area contributed by atoms with E-state index in [4.69, 9.17) is 5.73 Å². The molecule has 2 aromatic rings. The second-order valence-corrected chi connectivity index (χ2v) is 6.02. The summed E-state index contributed by atoms with van der Waals surface area (Å²) in [5.74, 6) is -0.706. The van der Waals surface area contributed by atoms with Gasteiger partial charge in [0.05, 0.1) is 5.56 Å². The van der Waals surface area contributed by atoms with Gasteiger partial charge in [0.1, 0.15) is 5.82 Å². The zero-order valence-electron chi connectivity index (χ0n) is 11.4. The fraction of sp³-hybridized carbons (Fsp3) is 0.333. The van der Waals surface area contributed by atoms with Crippen LogP contribution in [0.5, 0.6) is 0 Å². The van der Waals surface area contributed by atoms with Crippen LogP contribution in [0, 0.1) is 5.82 Å². The van der Waals surface area contributed by atoms with E-state index >= 15 is 0 Å². The second-order valence-electron chi connectivity index (χ2n) is 4.77. The third-order valence-corrected chi connectivity index (χ3v) is 4.46. The van der Waals surface area contributed by atoms with E-state index in [-0.39, 0.29) is 5.56 Å². The Morgan fingerprint density at radius 3 is 2.38 bits per heavy atom. The smallest absolute Gasteiger partial charge is 0.324 e. The number of alkyl halides is 3. The van der Waals surface area contributed by atoms with Gasteiger partial charge in [0, 0.05) is 27.8 Å². The number of thiophene rings is 1. The molecule has 1 aromatic carbocycles. The first-order chi connectivity index (χ1) is 9.81. The molecule has 1 aromatic heterocycles. The van der Waals surface area contributed by atoms with Gasteiger partial charge in [0.2, 0.25) is 0 Å². The van der Waals surface area contributed by atoms with Crippen molar-refractivity contribution in [3.8, 4) is 0 Å². The van der Waals surface area contributed by atoms with Gasteiger partial charge in [0.25, 0.3) is 0 Å². The highest BCUT2D eigenvalue weighted by Gasteiger charge is 2.31. The van der Waals surface area contributed by atoms with Gasteiger partial charge in [-0.25, -0.2) is 4.39 Å². The Morgan fingerprint density at radius 1 is 1.14 bits per heavy atom. The summed E-state index contributed by atoms with van der Waals surface area (Å²) < 4.78 is 51.8. The van der Waals surface area contributed by atoms with Gasteiger partial charge in [0.15, 0.2) is 0 Å². The lowest BCUT2D eigenvalue weighted by Gasteiger charge is -2.15. The van der Waals surface area contributed by atoms with Crippen LogP contribution in [-0.4, -0.2) is 0 Å². The summed E-state index contributed by atoms with van der Waals surface area (Å²) in [5, 5.41) is 0. The van der Waals surface area contributed by atoms with Gasteiger partial charge < -0.3 is 5.73 Å². The number of nitrogens with two attached hydrogens (primary N) is 1. The van der Waals surface area contributed by atoms with Gasteiger partial charge in [-0.15, -0.1) is 11.3 Å². The number of rotatable bonds is 4. The number of aryl methyl sites for hydroxylation is 1. The zero-order chi connectivity index (χ0) is 15.6. The van der Waals surface area contributed by atoms with Crippen LogP contribution in [0.25, 0.3) is 0 Å². The Bertz CT molecular complexity index is 618. The van der Waals surface area contributed by atoms with Crippen LogP contribution < -0.4 is 5.73 Å².